The number of quaternary nitrogens is 1. The highest BCUT2D eigenvalue weighted by Gasteiger charge is 2.32. The standard InChI is InChI=1S/C30H41ClN2O6.ClH/c1-30(2,3)39-28(34)32-17-10-21-37-29(35)38-23-33(18-8-5-9-19-33)20-22-36-27(24-11-6-4-7-12-24)25-13-15-26(31)16-14-25;/h4,6-7,11-16,27H,5,8-10,17-23H2,1-3H3;1H. The number of amides is 1. The lowest BCUT2D eigenvalue weighted by Gasteiger charge is -2.40. The minimum absolute atomic E-state index is 0. The van der Waals surface area contributed by atoms with Crippen LogP contribution in [0.4, 0.5) is 9.59 Å². The first-order valence-electron chi connectivity index (χ1n) is 13.7. The van der Waals surface area contributed by atoms with E-state index in [-0.39, 0.29) is 31.8 Å². The number of carbonyl (C=O) groups excluding carboxylic acids is 2. The molecule has 0 bridgehead atoms. The van der Waals surface area contributed by atoms with E-state index in [2.05, 4.69) is 17.4 Å². The van der Waals surface area contributed by atoms with Crippen molar-refractivity contribution in [1.82, 2.24) is 5.32 Å². The molecule has 1 N–H and O–H groups in total. The Labute approximate surface area is 249 Å². The summed E-state index contributed by atoms with van der Waals surface area (Å²) in [5, 5.41) is 3.33. The number of ether oxygens (including phenoxy) is 4. The molecule has 2 aromatic carbocycles. The fraction of sp³-hybridized carbons (Fsp3) is 0.533. The van der Waals surface area contributed by atoms with Crippen LogP contribution in [0.25, 0.3) is 0 Å². The van der Waals surface area contributed by atoms with Gasteiger partial charge < -0.3 is 36.7 Å². The summed E-state index contributed by atoms with van der Waals surface area (Å²) in [7, 11) is 0. The zero-order valence-corrected chi connectivity index (χ0v) is 25.2. The second-order valence-corrected chi connectivity index (χ2v) is 11.4. The molecule has 0 radical (unpaired) electrons. The van der Waals surface area contributed by atoms with Crippen molar-refractivity contribution in [2.75, 3.05) is 46.1 Å². The average molecular weight is 598 g/mol. The maximum atomic E-state index is 12.3. The maximum Gasteiger partial charge on any atom is 0.512 e. The summed E-state index contributed by atoms with van der Waals surface area (Å²) in [5.74, 6) is 0. The largest absolute Gasteiger partial charge is 1.00 e. The molecule has 40 heavy (non-hydrogen) atoms. The molecule has 1 saturated heterocycles. The Morgan fingerprint density at radius 1 is 0.925 bits per heavy atom. The first-order valence-corrected chi connectivity index (χ1v) is 14.1. The number of benzene rings is 2. The van der Waals surface area contributed by atoms with E-state index in [0.717, 1.165) is 43.6 Å². The zero-order chi connectivity index (χ0) is 28.1. The minimum atomic E-state index is -0.695. The number of piperidine rings is 1. The van der Waals surface area contributed by atoms with E-state index in [0.29, 0.717) is 29.1 Å². The average Bonchev–Trinajstić information content (AvgIpc) is 2.91. The van der Waals surface area contributed by atoms with Crippen LogP contribution in [-0.2, 0) is 18.9 Å². The van der Waals surface area contributed by atoms with Gasteiger partial charge in [-0.3, -0.25) is 4.48 Å². The van der Waals surface area contributed by atoms with E-state index in [4.69, 9.17) is 30.5 Å². The molecule has 1 amide bonds. The zero-order valence-electron chi connectivity index (χ0n) is 23.7. The Bertz CT molecular complexity index is 1020. The van der Waals surface area contributed by atoms with Crippen molar-refractivity contribution in [1.29, 1.82) is 0 Å². The van der Waals surface area contributed by atoms with Crippen LogP contribution in [0, 0.1) is 0 Å². The Morgan fingerprint density at radius 2 is 1.57 bits per heavy atom. The van der Waals surface area contributed by atoms with Crippen LogP contribution >= 0.6 is 11.6 Å². The molecule has 10 heteroatoms. The summed E-state index contributed by atoms with van der Waals surface area (Å²) in [4.78, 5) is 24.0. The normalized spacial score (nSPS) is 15.3. The van der Waals surface area contributed by atoms with Gasteiger partial charge in [-0.1, -0.05) is 54.1 Å². The van der Waals surface area contributed by atoms with Crippen LogP contribution in [-0.4, -0.2) is 68.5 Å². The van der Waals surface area contributed by atoms with E-state index >= 15 is 0 Å². The van der Waals surface area contributed by atoms with Crippen LogP contribution in [0.3, 0.4) is 0 Å². The first-order chi connectivity index (χ1) is 18.7. The molecule has 2 aromatic rings. The molecular formula is C30H42Cl2N2O6. The molecule has 1 aliphatic heterocycles. The minimum Gasteiger partial charge on any atom is -1.00 e. The fourth-order valence-electron chi connectivity index (χ4n) is 4.58. The van der Waals surface area contributed by atoms with Gasteiger partial charge in [0.05, 0.1) is 26.3 Å². The highest BCUT2D eigenvalue weighted by atomic mass is 35.5. The smallest absolute Gasteiger partial charge is 0.512 e. The van der Waals surface area contributed by atoms with Gasteiger partial charge in [-0.15, -0.1) is 0 Å². The summed E-state index contributed by atoms with van der Waals surface area (Å²) in [6, 6.07) is 17.9. The topological polar surface area (TPSA) is 83.1 Å². The number of likely N-dealkylation sites (tertiary alicyclic amines) is 1. The lowest BCUT2D eigenvalue weighted by molar-refractivity contribution is -0.948. The van der Waals surface area contributed by atoms with Crippen LogP contribution in [0.5, 0.6) is 0 Å². The molecule has 8 nitrogen and oxygen atoms in total. The molecule has 0 saturated carbocycles. The van der Waals surface area contributed by atoms with Gasteiger partial charge >= 0.3 is 12.2 Å². The Morgan fingerprint density at radius 3 is 2.23 bits per heavy atom. The lowest BCUT2D eigenvalue weighted by atomic mass is 10.0. The fourth-order valence-corrected chi connectivity index (χ4v) is 4.70. The van der Waals surface area contributed by atoms with E-state index in [9.17, 15) is 9.59 Å². The Kier molecular flexibility index (Phi) is 14.0. The Balaban J connectivity index is 0.00000560. The summed E-state index contributed by atoms with van der Waals surface area (Å²) in [5.41, 5.74) is 1.56. The third-order valence-electron chi connectivity index (χ3n) is 6.56. The van der Waals surface area contributed by atoms with Gasteiger partial charge in [0.1, 0.15) is 18.2 Å². The van der Waals surface area contributed by atoms with Crippen LogP contribution in [0.1, 0.15) is 63.7 Å². The molecule has 1 unspecified atom stereocenters. The van der Waals surface area contributed by atoms with Crippen molar-refractivity contribution in [3.63, 3.8) is 0 Å². The Hall–Kier alpha value is -2.52. The number of halogens is 2. The number of hydrogen-bond acceptors (Lipinski definition) is 6. The van der Waals surface area contributed by atoms with Gasteiger partial charge in [-0.05, 0) is 69.7 Å². The maximum absolute atomic E-state index is 12.3. The van der Waals surface area contributed by atoms with Crippen molar-refractivity contribution in [2.45, 2.75) is 58.2 Å². The van der Waals surface area contributed by atoms with Gasteiger partial charge in [-0.2, -0.15) is 0 Å². The molecule has 222 valence electrons. The number of nitrogens with zero attached hydrogens (tertiary/aromatic N) is 1. The van der Waals surface area contributed by atoms with Gasteiger partial charge in [0.2, 0.25) is 6.73 Å². The third kappa shape index (κ3) is 11.9. The molecule has 1 fully saturated rings. The number of hydrogen-bond donors (Lipinski definition) is 1. The molecule has 1 heterocycles. The molecule has 0 aliphatic carbocycles. The van der Waals surface area contributed by atoms with Crippen molar-refractivity contribution < 1.29 is 45.4 Å². The van der Waals surface area contributed by atoms with E-state index < -0.39 is 17.8 Å². The van der Waals surface area contributed by atoms with E-state index in [1.165, 1.54) is 6.42 Å². The molecular weight excluding hydrogens is 555 g/mol. The summed E-state index contributed by atoms with van der Waals surface area (Å²) in [6.07, 6.45) is 2.39. The molecule has 3 rings (SSSR count). The summed E-state index contributed by atoms with van der Waals surface area (Å²) in [6.45, 7) is 9.23. The second-order valence-electron chi connectivity index (χ2n) is 10.9. The van der Waals surface area contributed by atoms with Gasteiger partial charge in [0.15, 0.2) is 0 Å². The van der Waals surface area contributed by atoms with Crippen LogP contribution < -0.4 is 17.7 Å². The molecule has 0 spiro atoms. The van der Waals surface area contributed by atoms with Crippen LogP contribution in [0.2, 0.25) is 5.02 Å². The SMILES string of the molecule is CC(C)(C)OC(=O)NCCCOC(=O)OC[N+]1(CCOC(c2ccccc2)c2ccc(Cl)cc2)CCCCC1.[Cl-]. The number of alkyl carbamates (subject to hydrolysis) is 1. The number of nitrogens with one attached hydrogen (secondary N) is 1. The number of carbonyl (C=O) groups is 2. The molecule has 1 aliphatic rings. The van der Waals surface area contributed by atoms with Gasteiger partial charge in [0.25, 0.3) is 0 Å². The van der Waals surface area contributed by atoms with E-state index in [1.807, 2.05) is 42.5 Å². The monoisotopic (exact) mass is 596 g/mol. The van der Waals surface area contributed by atoms with Crippen molar-refractivity contribution in [2.24, 2.45) is 0 Å². The van der Waals surface area contributed by atoms with E-state index in [1.54, 1.807) is 20.8 Å². The second kappa shape index (κ2) is 16.7. The number of rotatable bonds is 12. The third-order valence-corrected chi connectivity index (χ3v) is 6.81. The lowest BCUT2D eigenvalue weighted by Crippen LogP contribution is -3.00. The highest BCUT2D eigenvalue weighted by Crippen LogP contribution is 2.28. The first kappa shape index (κ1) is 33.7. The quantitative estimate of drug-likeness (QED) is 0.229. The van der Waals surface area contributed by atoms with Gasteiger partial charge in [0, 0.05) is 11.6 Å². The predicted octanol–water partition coefficient (Wildman–Crippen LogP) is 3.48. The highest BCUT2D eigenvalue weighted by molar-refractivity contribution is 6.30. The molecule has 1 atom stereocenters. The predicted molar refractivity (Wildman–Crippen MR) is 151 cm³/mol. The molecule has 0 aromatic heterocycles. The summed E-state index contributed by atoms with van der Waals surface area (Å²) >= 11 is 6.11. The van der Waals surface area contributed by atoms with Gasteiger partial charge in [-0.25, -0.2) is 9.59 Å². The van der Waals surface area contributed by atoms with Crippen molar-refractivity contribution >= 4 is 23.8 Å². The summed E-state index contributed by atoms with van der Waals surface area (Å²) < 4.78 is 23.1. The van der Waals surface area contributed by atoms with Crippen molar-refractivity contribution in [3.05, 3.63) is 70.7 Å². The van der Waals surface area contributed by atoms with Crippen molar-refractivity contribution in [3.8, 4) is 0 Å². The van der Waals surface area contributed by atoms with Crippen LogP contribution in [0.15, 0.2) is 54.6 Å².